The van der Waals surface area contributed by atoms with Gasteiger partial charge in [0.25, 0.3) is 4.84 Å². The van der Waals surface area contributed by atoms with Crippen molar-refractivity contribution >= 4 is 18.3 Å². The summed E-state index contributed by atoms with van der Waals surface area (Å²) in [5.41, 5.74) is 2.12. The van der Waals surface area contributed by atoms with Crippen LogP contribution < -0.4 is 4.74 Å². The lowest BCUT2D eigenvalue weighted by Crippen LogP contribution is -2.19. The molecule has 2 aromatic rings. The SMILES string of the molecule is S=c1[nH]c2c(o1)C1c3ccccc3OC1C=C2. The van der Waals surface area contributed by atoms with E-state index in [9.17, 15) is 0 Å². The summed E-state index contributed by atoms with van der Waals surface area (Å²) in [6, 6.07) is 8.06. The van der Waals surface area contributed by atoms with Crippen molar-refractivity contribution in [3.8, 4) is 5.75 Å². The highest BCUT2D eigenvalue weighted by Gasteiger charge is 2.39. The fraction of sp³-hybridized carbons (Fsp3) is 0.154. The Bertz CT molecular complexity index is 683. The predicted molar refractivity (Wildman–Crippen MR) is 65.6 cm³/mol. The Morgan fingerprint density at radius 2 is 2.12 bits per heavy atom. The zero-order chi connectivity index (χ0) is 11.4. The number of benzene rings is 1. The quantitative estimate of drug-likeness (QED) is 0.722. The maximum Gasteiger partial charge on any atom is 0.266 e. The largest absolute Gasteiger partial charge is 0.485 e. The molecule has 2 heterocycles. The number of rotatable bonds is 0. The molecule has 1 aliphatic heterocycles. The van der Waals surface area contributed by atoms with Gasteiger partial charge in [0.1, 0.15) is 17.6 Å². The lowest BCUT2D eigenvalue weighted by Gasteiger charge is -2.17. The van der Waals surface area contributed by atoms with Gasteiger partial charge in [-0.15, -0.1) is 0 Å². The average Bonchev–Trinajstić information content (AvgIpc) is 2.87. The zero-order valence-electron chi connectivity index (χ0n) is 8.84. The van der Waals surface area contributed by atoms with E-state index in [0.29, 0.717) is 4.84 Å². The Labute approximate surface area is 103 Å². The maximum absolute atomic E-state index is 5.88. The van der Waals surface area contributed by atoms with Crippen molar-refractivity contribution in [1.82, 2.24) is 4.98 Å². The molecule has 0 fully saturated rings. The minimum Gasteiger partial charge on any atom is -0.485 e. The number of nitrogens with one attached hydrogen (secondary N) is 1. The number of para-hydroxylation sites is 1. The monoisotopic (exact) mass is 243 g/mol. The maximum atomic E-state index is 5.88. The Hall–Kier alpha value is -1.81. The molecule has 2 atom stereocenters. The van der Waals surface area contributed by atoms with Gasteiger partial charge in [-0.05, 0) is 30.4 Å². The van der Waals surface area contributed by atoms with Gasteiger partial charge in [-0.2, -0.15) is 0 Å². The summed E-state index contributed by atoms with van der Waals surface area (Å²) < 4.78 is 11.5. The first-order valence-electron chi connectivity index (χ1n) is 5.50. The molecule has 4 rings (SSSR count). The third-order valence-corrected chi connectivity index (χ3v) is 3.47. The van der Waals surface area contributed by atoms with E-state index in [1.165, 1.54) is 5.56 Å². The number of ether oxygens (including phenoxy) is 1. The van der Waals surface area contributed by atoms with E-state index >= 15 is 0 Å². The van der Waals surface area contributed by atoms with Gasteiger partial charge in [0, 0.05) is 5.56 Å². The molecule has 4 heteroatoms. The minimum atomic E-state index is 0.0221. The highest BCUT2D eigenvalue weighted by atomic mass is 32.1. The highest BCUT2D eigenvalue weighted by molar-refractivity contribution is 7.71. The smallest absolute Gasteiger partial charge is 0.266 e. The normalized spacial score (nSPS) is 23.8. The first-order valence-corrected chi connectivity index (χ1v) is 5.90. The molecule has 0 bridgehead atoms. The summed E-state index contributed by atoms with van der Waals surface area (Å²) in [5, 5.41) is 0. The van der Waals surface area contributed by atoms with E-state index in [4.69, 9.17) is 21.4 Å². The van der Waals surface area contributed by atoms with E-state index in [-0.39, 0.29) is 12.0 Å². The molecular weight excluding hydrogens is 234 g/mol. The summed E-state index contributed by atoms with van der Waals surface area (Å²) >= 11 is 5.04. The lowest BCUT2D eigenvalue weighted by atomic mass is 9.88. The molecular formula is C13H9NO2S. The van der Waals surface area contributed by atoms with Crippen molar-refractivity contribution in [2.24, 2.45) is 0 Å². The third kappa shape index (κ3) is 1.18. The molecule has 84 valence electrons. The van der Waals surface area contributed by atoms with Crippen LogP contribution in [-0.4, -0.2) is 11.1 Å². The number of fused-ring (bicyclic) bond motifs is 5. The van der Waals surface area contributed by atoms with Crippen molar-refractivity contribution < 1.29 is 9.15 Å². The number of aromatic nitrogens is 1. The van der Waals surface area contributed by atoms with E-state index in [0.717, 1.165) is 17.2 Å². The second kappa shape index (κ2) is 3.11. The second-order valence-electron chi connectivity index (χ2n) is 4.25. The van der Waals surface area contributed by atoms with Crippen LogP contribution in [0.15, 0.2) is 34.8 Å². The molecule has 0 saturated heterocycles. The van der Waals surface area contributed by atoms with Crippen LogP contribution in [0, 0.1) is 4.84 Å². The van der Waals surface area contributed by atoms with Gasteiger partial charge in [-0.25, -0.2) is 0 Å². The Morgan fingerprint density at radius 1 is 1.24 bits per heavy atom. The molecule has 1 N–H and O–H groups in total. The standard InChI is InChI=1S/C13H9NO2S/c17-13-14-8-5-6-10-11(12(8)16-13)7-3-1-2-4-9(7)15-10/h1-6,10-11H,(H,14,17). The van der Waals surface area contributed by atoms with E-state index in [1.54, 1.807) is 0 Å². The number of H-pyrrole nitrogens is 1. The fourth-order valence-corrected chi connectivity index (χ4v) is 2.77. The minimum absolute atomic E-state index is 0.0221. The van der Waals surface area contributed by atoms with Crippen molar-refractivity contribution in [3.05, 3.63) is 52.2 Å². The highest BCUT2D eigenvalue weighted by Crippen LogP contribution is 2.45. The summed E-state index contributed by atoms with van der Waals surface area (Å²) in [6.07, 6.45) is 4.05. The first-order chi connectivity index (χ1) is 8.33. The Morgan fingerprint density at radius 3 is 3.06 bits per heavy atom. The lowest BCUT2D eigenvalue weighted by molar-refractivity contribution is 0.254. The van der Waals surface area contributed by atoms with Gasteiger partial charge in [0.2, 0.25) is 0 Å². The van der Waals surface area contributed by atoms with Gasteiger partial charge < -0.3 is 14.1 Å². The predicted octanol–water partition coefficient (Wildman–Crippen LogP) is 3.26. The Balaban J connectivity index is 1.98. The molecule has 2 unspecified atom stereocenters. The molecule has 1 aromatic heterocycles. The Kier molecular flexibility index (Phi) is 1.69. The molecule has 1 aromatic carbocycles. The van der Waals surface area contributed by atoms with Gasteiger partial charge in [-0.1, -0.05) is 18.2 Å². The molecule has 2 aliphatic rings. The van der Waals surface area contributed by atoms with Crippen molar-refractivity contribution in [3.63, 3.8) is 0 Å². The molecule has 17 heavy (non-hydrogen) atoms. The zero-order valence-corrected chi connectivity index (χ0v) is 9.66. The topological polar surface area (TPSA) is 38.2 Å². The van der Waals surface area contributed by atoms with Crippen molar-refractivity contribution in [2.45, 2.75) is 12.0 Å². The average molecular weight is 243 g/mol. The molecule has 1 aliphatic carbocycles. The number of oxazole rings is 1. The van der Waals surface area contributed by atoms with Gasteiger partial charge in [0.05, 0.1) is 11.6 Å². The molecule has 0 saturated carbocycles. The van der Waals surface area contributed by atoms with Crippen LogP contribution in [0.4, 0.5) is 0 Å². The molecule has 3 nitrogen and oxygen atoms in total. The van der Waals surface area contributed by atoms with Crippen LogP contribution in [0.25, 0.3) is 6.08 Å². The number of aromatic amines is 1. The molecule has 0 spiro atoms. The summed E-state index contributed by atoms with van der Waals surface area (Å²) in [7, 11) is 0. The van der Waals surface area contributed by atoms with Gasteiger partial charge >= 0.3 is 0 Å². The van der Waals surface area contributed by atoms with E-state index in [1.807, 2.05) is 30.4 Å². The van der Waals surface area contributed by atoms with Crippen LogP contribution >= 0.6 is 12.2 Å². The second-order valence-corrected chi connectivity index (χ2v) is 4.62. The van der Waals surface area contributed by atoms with E-state index in [2.05, 4.69) is 11.1 Å². The number of hydrogen-bond donors (Lipinski definition) is 1. The van der Waals surface area contributed by atoms with Crippen LogP contribution in [0.1, 0.15) is 22.9 Å². The van der Waals surface area contributed by atoms with Gasteiger partial charge in [-0.3, -0.25) is 0 Å². The summed E-state index contributed by atoms with van der Waals surface area (Å²) in [5.74, 6) is 1.94. The van der Waals surface area contributed by atoms with Gasteiger partial charge in [0.15, 0.2) is 0 Å². The molecule has 0 radical (unpaired) electrons. The molecule has 0 amide bonds. The summed E-state index contributed by atoms with van der Waals surface area (Å²) in [4.78, 5) is 3.47. The van der Waals surface area contributed by atoms with Crippen LogP contribution in [0.2, 0.25) is 0 Å². The first kappa shape index (κ1) is 9.24. The third-order valence-electron chi connectivity index (χ3n) is 3.29. The van der Waals surface area contributed by atoms with Crippen LogP contribution in [0.3, 0.4) is 0 Å². The number of hydrogen-bond acceptors (Lipinski definition) is 3. The summed E-state index contributed by atoms with van der Waals surface area (Å²) in [6.45, 7) is 0. The van der Waals surface area contributed by atoms with Crippen molar-refractivity contribution in [2.75, 3.05) is 0 Å². The van der Waals surface area contributed by atoms with Crippen molar-refractivity contribution in [1.29, 1.82) is 0 Å². The van der Waals surface area contributed by atoms with E-state index < -0.39 is 0 Å². The fourth-order valence-electron chi connectivity index (χ4n) is 2.58. The van der Waals surface area contributed by atoms with Crippen LogP contribution in [-0.2, 0) is 0 Å². The van der Waals surface area contributed by atoms with Crippen LogP contribution in [0.5, 0.6) is 5.75 Å².